The summed E-state index contributed by atoms with van der Waals surface area (Å²) in [7, 11) is 3.84. The number of carbonyl (C=O) groups excluding carboxylic acids is 2. The number of amides is 2. The molecule has 0 aliphatic carbocycles. The van der Waals surface area contributed by atoms with E-state index >= 15 is 0 Å². The van der Waals surface area contributed by atoms with E-state index in [4.69, 9.17) is 5.21 Å². The summed E-state index contributed by atoms with van der Waals surface area (Å²) in [5.41, 5.74) is 3.64. The van der Waals surface area contributed by atoms with Crippen LogP contribution in [0.5, 0.6) is 0 Å². The lowest BCUT2D eigenvalue weighted by molar-refractivity contribution is -0.169. The molecule has 1 saturated heterocycles. The first kappa shape index (κ1) is 12.1. The molecule has 1 aromatic rings. The van der Waals surface area contributed by atoms with Crippen LogP contribution < -0.4 is 10.3 Å². The zero-order chi connectivity index (χ0) is 13.3. The topological polar surface area (TPSA) is 72.9 Å². The fraction of sp³-hybridized carbons (Fsp3) is 0.167. The molecule has 6 heteroatoms. The average Bonchev–Trinajstić information content (AvgIpc) is 2.57. The summed E-state index contributed by atoms with van der Waals surface area (Å²) in [4.78, 5) is 24.7. The Hall–Kier alpha value is -2.34. The number of anilines is 1. The van der Waals surface area contributed by atoms with Crippen molar-refractivity contribution in [1.82, 2.24) is 10.6 Å². The SMILES string of the molecule is CN(C)c1ccc(/C=C2/C(=O)NN(O)C2=O)cc1. The highest BCUT2D eigenvalue weighted by Gasteiger charge is 2.32. The average molecular weight is 247 g/mol. The van der Waals surface area contributed by atoms with Crippen LogP contribution in [-0.4, -0.2) is 36.3 Å². The first-order chi connectivity index (χ1) is 8.49. The van der Waals surface area contributed by atoms with E-state index in [1.165, 1.54) is 6.08 Å². The van der Waals surface area contributed by atoms with Crippen molar-refractivity contribution in [2.24, 2.45) is 0 Å². The lowest BCUT2D eigenvalue weighted by atomic mass is 10.1. The Bertz CT molecular complexity index is 520. The van der Waals surface area contributed by atoms with Gasteiger partial charge < -0.3 is 4.90 Å². The zero-order valence-corrected chi connectivity index (χ0v) is 10.0. The third kappa shape index (κ3) is 2.18. The quantitative estimate of drug-likeness (QED) is 0.451. The highest BCUT2D eigenvalue weighted by Crippen LogP contribution is 2.16. The lowest BCUT2D eigenvalue weighted by Gasteiger charge is -2.11. The van der Waals surface area contributed by atoms with Gasteiger partial charge in [-0.1, -0.05) is 12.1 Å². The van der Waals surface area contributed by atoms with Gasteiger partial charge >= 0.3 is 5.91 Å². The monoisotopic (exact) mass is 247 g/mol. The number of hydroxylamine groups is 1. The van der Waals surface area contributed by atoms with Crippen LogP contribution in [-0.2, 0) is 9.59 Å². The maximum Gasteiger partial charge on any atom is 0.302 e. The molecule has 0 bridgehead atoms. The van der Waals surface area contributed by atoms with Gasteiger partial charge in [-0.25, -0.2) is 5.43 Å². The summed E-state index contributed by atoms with van der Waals surface area (Å²) in [6.45, 7) is 0. The van der Waals surface area contributed by atoms with Crippen LogP contribution in [0.15, 0.2) is 29.8 Å². The Labute approximate surface area is 104 Å². The fourth-order valence-electron chi connectivity index (χ4n) is 1.58. The molecule has 2 amide bonds. The van der Waals surface area contributed by atoms with Gasteiger partial charge in [-0.3, -0.25) is 14.8 Å². The summed E-state index contributed by atoms with van der Waals surface area (Å²) in [5, 5.41) is 9.22. The molecule has 1 heterocycles. The second kappa shape index (κ2) is 4.50. The first-order valence-electron chi connectivity index (χ1n) is 5.32. The molecule has 1 aliphatic heterocycles. The Kier molecular flexibility index (Phi) is 3.03. The number of rotatable bonds is 2. The smallest absolute Gasteiger partial charge is 0.302 e. The van der Waals surface area contributed by atoms with E-state index in [0.717, 1.165) is 11.3 Å². The molecular weight excluding hydrogens is 234 g/mol. The van der Waals surface area contributed by atoms with Crippen LogP contribution in [0.2, 0.25) is 0 Å². The predicted octanol–water partition coefficient (Wildman–Crippen LogP) is 0.399. The lowest BCUT2D eigenvalue weighted by Crippen LogP contribution is -2.32. The summed E-state index contributed by atoms with van der Waals surface area (Å²) < 4.78 is 0. The number of hydrogen-bond donors (Lipinski definition) is 2. The molecule has 1 aromatic carbocycles. The van der Waals surface area contributed by atoms with E-state index in [0.29, 0.717) is 0 Å². The van der Waals surface area contributed by atoms with Crippen LogP contribution >= 0.6 is 0 Å². The van der Waals surface area contributed by atoms with Crippen molar-refractivity contribution in [3.63, 3.8) is 0 Å². The highest BCUT2D eigenvalue weighted by molar-refractivity contribution is 6.25. The molecule has 1 aliphatic rings. The van der Waals surface area contributed by atoms with E-state index in [1.807, 2.05) is 36.6 Å². The fourth-order valence-corrected chi connectivity index (χ4v) is 1.58. The van der Waals surface area contributed by atoms with Crippen molar-refractivity contribution in [3.8, 4) is 0 Å². The van der Waals surface area contributed by atoms with Crippen LogP contribution in [0.25, 0.3) is 6.08 Å². The van der Waals surface area contributed by atoms with Gasteiger partial charge in [0.1, 0.15) is 5.57 Å². The molecule has 1 fully saturated rings. The molecule has 0 spiro atoms. The minimum Gasteiger partial charge on any atom is -0.378 e. The Balaban J connectivity index is 2.28. The van der Waals surface area contributed by atoms with Gasteiger partial charge in [-0.05, 0) is 23.8 Å². The molecule has 0 unspecified atom stereocenters. The predicted molar refractivity (Wildman–Crippen MR) is 65.5 cm³/mol. The number of hydrazine groups is 1. The number of carbonyl (C=O) groups is 2. The van der Waals surface area contributed by atoms with Crippen LogP contribution in [0.4, 0.5) is 5.69 Å². The number of nitrogens with one attached hydrogen (secondary N) is 1. The van der Waals surface area contributed by atoms with E-state index in [1.54, 1.807) is 12.1 Å². The summed E-state index contributed by atoms with van der Waals surface area (Å²) in [6, 6.07) is 7.34. The van der Waals surface area contributed by atoms with E-state index in [2.05, 4.69) is 0 Å². The summed E-state index contributed by atoms with van der Waals surface area (Å²) >= 11 is 0. The minimum absolute atomic E-state index is 0.0879. The van der Waals surface area contributed by atoms with E-state index in [9.17, 15) is 9.59 Å². The van der Waals surface area contributed by atoms with Gasteiger partial charge in [0, 0.05) is 19.8 Å². The normalized spacial score (nSPS) is 17.3. The molecular formula is C12H13N3O3. The van der Waals surface area contributed by atoms with E-state index < -0.39 is 11.8 Å². The second-order valence-corrected chi connectivity index (χ2v) is 4.10. The summed E-state index contributed by atoms with van der Waals surface area (Å²) in [6.07, 6.45) is 1.44. The maximum absolute atomic E-state index is 11.4. The molecule has 6 nitrogen and oxygen atoms in total. The van der Waals surface area contributed by atoms with Crippen molar-refractivity contribution in [2.75, 3.05) is 19.0 Å². The third-order valence-corrected chi connectivity index (χ3v) is 2.60. The van der Waals surface area contributed by atoms with Gasteiger partial charge in [-0.15, -0.1) is 5.17 Å². The molecule has 0 aromatic heterocycles. The van der Waals surface area contributed by atoms with Crippen molar-refractivity contribution < 1.29 is 14.8 Å². The molecule has 2 N–H and O–H groups in total. The molecule has 94 valence electrons. The molecule has 0 saturated carbocycles. The Morgan fingerprint density at radius 1 is 1.22 bits per heavy atom. The molecule has 18 heavy (non-hydrogen) atoms. The van der Waals surface area contributed by atoms with Gasteiger partial charge in [0.05, 0.1) is 0 Å². The number of hydrogen-bond acceptors (Lipinski definition) is 4. The van der Waals surface area contributed by atoms with Gasteiger partial charge in [0.2, 0.25) is 0 Å². The van der Waals surface area contributed by atoms with Crippen molar-refractivity contribution in [1.29, 1.82) is 0 Å². The molecule has 0 radical (unpaired) electrons. The van der Waals surface area contributed by atoms with Crippen molar-refractivity contribution in [3.05, 3.63) is 35.4 Å². The third-order valence-electron chi connectivity index (χ3n) is 2.60. The van der Waals surface area contributed by atoms with Crippen LogP contribution in [0, 0.1) is 0 Å². The number of nitrogens with zero attached hydrogens (tertiary/aromatic N) is 2. The van der Waals surface area contributed by atoms with Crippen LogP contribution in [0.3, 0.4) is 0 Å². The zero-order valence-electron chi connectivity index (χ0n) is 10.0. The van der Waals surface area contributed by atoms with Gasteiger partial charge in [0.25, 0.3) is 5.91 Å². The second-order valence-electron chi connectivity index (χ2n) is 4.10. The van der Waals surface area contributed by atoms with E-state index in [-0.39, 0.29) is 10.7 Å². The molecule has 0 atom stereocenters. The minimum atomic E-state index is -0.753. The van der Waals surface area contributed by atoms with Crippen LogP contribution in [0.1, 0.15) is 5.56 Å². The largest absolute Gasteiger partial charge is 0.378 e. The maximum atomic E-state index is 11.4. The Morgan fingerprint density at radius 3 is 2.28 bits per heavy atom. The highest BCUT2D eigenvalue weighted by atomic mass is 16.6. The van der Waals surface area contributed by atoms with Crippen molar-refractivity contribution in [2.45, 2.75) is 0 Å². The standard InChI is InChI=1S/C12H13N3O3/c1-14(2)9-5-3-8(4-6-9)7-10-11(16)13-15(18)12(10)17/h3-7,18H,1-2H3,(H,13,16)/b10-7-. The number of benzene rings is 1. The molecule has 2 rings (SSSR count). The summed E-state index contributed by atoms with van der Waals surface area (Å²) in [5.74, 6) is -1.36. The Morgan fingerprint density at radius 2 is 1.83 bits per heavy atom. The van der Waals surface area contributed by atoms with Gasteiger partial charge in [0.15, 0.2) is 0 Å². The van der Waals surface area contributed by atoms with Gasteiger partial charge in [-0.2, -0.15) is 0 Å². The van der Waals surface area contributed by atoms with Crippen molar-refractivity contribution >= 4 is 23.6 Å². The first-order valence-corrected chi connectivity index (χ1v) is 5.32.